The summed E-state index contributed by atoms with van der Waals surface area (Å²) in [6.45, 7) is 2.61. The van der Waals surface area contributed by atoms with Crippen LogP contribution in [0.5, 0.6) is 5.75 Å². The summed E-state index contributed by atoms with van der Waals surface area (Å²) in [7, 11) is -3.62. The largest absolute Gasteiger partial charge is 0.424 e. The van der Waals surface area contributed by atoms with Crippen molar-refractivity contribution in [3.05, 3.63) is 64.2 Å². The molecule has 1 saturated heterocycles. The maximum absolute atomic E-state index is 13.8. The predicted octanol–water partition coefficient (Wildman–Crippen LogP) is 8.90. The minimum Gasteiger partial charge on any atom is -0.424 e. The van der Waals surface area contributed by atoms with E-state index in [0.29, 0.717) is 35.9 Å². The Kier molecular flexibility index (Phi) is 19.4. The average molecular weight is 725 g/mol. The molecule has 1 aliphatic rings. The molecule has 3 rings (SSSR count). The van der Waals surface area contributed by atoms with Crippen LogP contribution < -0.4 is 21.3 Å². The van der Waals surface area contributed by atoms with Gasteiger partial charge in [-0.05, 0) is 68.9 Å². The van der Waals surface area contributed by atoms with Crippen molar-refractivity contribution < 1.29 is 23.1 Å². The van der Waals surface area contributed by atoms with E-state index >= 15 is 0 Å². The number of rotatable bonds is 25. The van der Waals surface area contributed by atoms with Gasteiger partial charge in [0.2, 0.25) is 5.91 Å². The number of carbonyl (C=O) groups excluding carboxylic acids is 1. The standard InChI is InChI=1S/C35H54ClN4O6PS/c1-2-3-4-5-6-7-8-9-10-11-12-13-14-15-16-18-32(41)38-24-17-26-47(43,46-30-21-19-29(36)20-22-30)44-27-34-45-33(28-48-34)40-25-23-31(37)39-35(40)42/h9-10,19-23,25,33-34H,2-8,11-18,24,26-28H2,1H3,(H,38,41)(H2,37,39,42)/b10-9-/t33?,34-,47?/m1/s1. The van der Waals surface area contributed by atoms with Gasteiger partial charge in [-0.1, -0.05) is 82.0 Å². The van der Waals surface area contributed by atoms with Crippen LogP contribution in [-0.4, -0.2) is 46.0 Å². The number of nitrogens with zero attached hydrogens (tertiary/aromatic N) is 2. The van der Waals surface area contributed by atoms with Gasteiger partial charge in [0, 0.05) is 29.9 Å². The minimum atomic E-state index is -3.62. The predicted molar refractivity (Wildman–Crippen MR) is 197 cm³/mol. The molecule has 0 radical (unpaired) electrons. The molecule has 3 atom stereocenters. The lowest BCUT2D eigenvalue weighted by Gasteiger charge is -2.21. The van der Waals surface area contributed by atoms with Gasteiger partial charge in [-0.3, -0.25) is 13.9 Å². The van der Waals surface area contributed by atoms with Gasteiger partial charge >= 0.3 is 13.3 Å². The number of thioether (sulfide) groups is 1. The van der Waals surface area contributed by atoms with Crippen LogP contribution in [0.15, 0.2) is 53.5 Å². The number of halogens is 1. The zero-order valence-electron chi connectivity index (χ0n) is 28.4. The molecule has 10 nitrogen and oxygen atoms in total. The van der Waals surface area contributed by atoms with Gasteiger partial charge in [0.15, 0.2) is 0 Å². The Balaban J connectivity index is 1.30. The second kappa shape index (κ2) is 23.2. The average Bonchev–Trinajstić information content (AvgIpc) is 3.54. The normalized spacial score (nSPS) is 17.5. The van der Waals surface area contributed by atoms with E-state index in [-0.39, 0.29) is 24.5 Å². The Morgan fingerprint density at radius 3 is 2.40 bits per heavy atom. The molecule has 13 heteroatoms. The second-order valence-electron chi connectivity index (χ2n) is 12.1. The number of hydrogen-bond acceptors (Lipinski definition) is 9. The van der Waals surface area contributed by atoms with Gasteiger partial charge in [0.05, 0.1) is 12.8 Å². The van der Waals surface area contributed by atoms with Crippen molar-refractivity contribution in [2.45, 2.75) is 115 Å². The van der Waals surface area contributed by atoms with E-state index in [1.807, 2.05) is 0 Å². The van der Waals surface area contributed by atoms with E-state index in [9.17, 15) is 14.2 Å². The summed E-state index contributed by atoms with van der Waals surface area (Å²) in [4.78, 5) is 28.3. The van der Waals surface area contributed by atoms with Crippen molar-refractivity contribution in [3.63, 3.8) is 0 Å². The molecule has 268 valence electrons. The lowest BCUT2D eigenvalue weighted by molar-refractivity contribution is -0.121. The molecule has 0 bridgehead atoms. The Bertz CT molecular complexity index is 1350. The third kappa shape index (κ3) is 16.4. The number of ether oxygens (including phenoxy) is 1. The Labute approximate surface area is 295 Å². The van der Waals surface area contributed by atoms with Crippen molar-refractivity contribution in [1.82, 2.24) is 14.9 Å². The summed E-state index contributed by atoms with van der Waals surface area (Å²) >= 11 is 7.44. The molecule has 1 amide bonds. The molecule has 0 saturated carbocycles. The zero-order valence-corrected chi connectivity index (χ0v) is 30.8. The number of nitrogen functional groups attached to an aromatic ring is 1. The molecule has 1 aromatic heterocycles. The van der Waals surface area contributed by atoms with Crippen LogP contribution in [0.4, 0.5) is 5.82 Å². The summed E-state index contributed by atoms with van der Waals surface area (Å²) in [5.74, 6) is 0.996. The van der Waals surface area contributed by atoms with Gasteiger partial charge in [-0.25, -0.2) is 9.36 Å². The van der Waals surface area contributed by atoms with Crippen LogP contribution in [0.2, 0.25) is 5.02 Å². The number of anilines is 1. The Hall–Kier alpha value is -2.30. The van der Waals surface area contributed by atoms with Gasteiger partial charge in [-0.15, -0.1) is 11.8 Å². The van der Waals surface area contributed by atoms with E-state index < -0.39 is 24.9 Å². The zero-order chi connectivity index (χ0) is 34.5. The van der Waals surface area contributed by atoms with Crippen molar-refractivity contribution in [3.8, 4) is 5.75 Å². The monoisotopic (exact) mass is 724 g/mol. The summed E-state index contributed by atoms with van der Waals surface area (Å²) in [6, 6.07) is 8.09. The van der Waals surface area contributed by atoms with E-state index in [1.165, 1.54) is 80.2 Å². The molecule has 2 heterocycles. The maximum atomic E-state index is 13.8. The molecule has 0 spiro atoms. The number of nitrogens with two attached hydrogens (primary N) is 1. The number of nitrogens with one attached hydrogen (secondary N) is 1. The number of allylic oxidation sites excluding steroid dienone is 2. The topological polar surface area (TPSA) is 135 Å². The number of benzene rings is 1. The first-order valence-electron chi connectivity index (χ1n) is 17.5. The summed E-state index contributed by atoms with van der Waals surface area (Å²) in [5, 5.41) is 3.46. The number of amides is 1. The SMILES string of the molecule is CCCCCCCC/C=C\CCCCCCCC(=O)NCCCP(=O)(OC[C@@H]1OC(n2ccc(N)nc2=O)CS1)Oc1ccc(Cl)cc1. The molecular weight excluding hydrogens is 671 g/mol. The lowest BCUT2D eigenvalue weighted by Crippen LogP contribution is -2.28. The van der Waals surface area contributed by atoms with Gasteiger partial charge in [0.25, 0.3) is 0 Å². The minimum absolute atomic E-state index is 0.00352. The molecule has 1 aromatic carbocycles. The van der Waals surface area contributed by atoms with Crippen molar-refractivity contribution in [2.75, 3.05) is 30.8 Å². The number of carbonyl (C=O) groups is 1. The maximum Gasteiger partial charge on any atom is 0.379 e. The molecule has 2 aromatic rings. The highest BCUT2D eigenvalue weighted by atomic mass is 35.5. The molecule has 1 aliphatic heterocycles. The fourth-order valence-electron chi connectivity index (χ4n) is 5.23. The number of hydrogen-bond donors (Lipinski definition) is 2. The van der Waals surface area contributed by atoms with E-state index in [4.69, 9.17) is 31.1 Å². The van der Waals surface area contributed by atoms with Crippen molar-refractivity contribution >= 4 is 42.7 Å². The van der Waals surface area contributed by atoms with Crippen molar-refractivity contribution in [1.29, 1.82) is 0 Å². The highest BCUT2D eigenvalue weighted by Gasteiger charge is 2.33. The molecular formula is C35H54ClN4O6PS. The molecule has 2 unspecified atom stereocenters. The van der Waals surface area contributed by atoms with Crippen LogP contribution in [0.1, 0.15) is 109 Å². The third-order valence-corrected chi connectivity index (χ3v) is 11.2. The number of unbranched alkanes of at least 4 members (excludes halogenated alkanes) is 11. The Morgan fingerprint density at radius 2 is 1.71 bits per heavy atom. The molecule has 1 fully saturated rings. The Morgan fingerprint density at radius 1 is 1.04 bits per heavy atom. The smallest absolute Gasteiger partial charge is 0.379 e. The fourth-order valence-corrected chi connectivity index (χ4v) is 8.07. The van der Waals surface area contributed by atoms with Gasteiger partial charge in [0.1, 0.15) is 23.2 Å². The first-order valence-corrected chi connectivity index (χ1v) is 20.7. The van der Waals surface area contributed by atoms with E-state index in [0.717, 1.165) is 25.7 Å². The van der Waals surface area contributed by atoms with Crippen LogP contribution in [0.3, 0.4) is 0 Å². The second-order valence-corrected chi connectivity index (χ2v) is 15.8. The highest BCUT2D eigenvalue weighted by molar-refractivity contribution is 8.00. The molecule has 3 N–H and O–H groups in total. The van der Waals surface area contributed by atoms with Crippen LogP contribution in [0.25, 0.3) is 0 Å². The van der Waals surface area contributed by atoms with E-state index in [1.54, 1.807) is 30.5 Å². The molecule has 0 aliphatic carbocycles. The van der Waals surface area contributed by atoms with Crippen LogP contribution in [0, 0.1) is 0 Å². The first kappa shape index (κ1) is 40.1. The summed E-state index contributed by atoms with van der Waals surface area (Å²) in [6.07, 6.45) is 22.5. The van der Waals surface area contributed by atoms with Crippen LogP contribution >= 0.6 is 31.0 Å². The first-order chi connectivity index (χ1) is 23.3. The quantitative estimate of drug-likeness (QED) is 0.0585. The third-order valence-electron chi connectivity index (χ3n) is 7.96. The van der Waals surface area contributed by atoms with Gasteiger partial charge < -0.3 is 20.3 Å². The highest BCUT2D eigenvalue weighted by Crippen LogP contribution is 2.50. The molecule has 48 heavy (non-hydrogen) atoms. The summed E-state index contributed by atoms with van der Waals surface area (Å²) < 4.78 is 32.8. The number of aromatic nitrogens is 2. The lowest BCUT2D eigenvalue weighted by atomic mass is 10.1. The summed E-state index contributed by atoms with van der Waals surface area (Å²) in [5.41, 5.74) is 4.62. The van der Waals surface area contributed by atoms with E-state index in [2.05, 4.69) is 29.4 Å². The van der Waals surface area contributed by atoms with Crippen molar-refractivity contribution in [2.24, 2.45) is 0 Å². The fraction of sp³-hybridized carbons (Fsp3) is 0.629. The van der Waals surface area contributed by atoms with Gasteiger partial charge in [-0.2, -0.15) is 4.98 Å². The van der Waals surface area contributed by atoms with Crippen LogP contribution in [-0.2, 0) is 18.6 Å².